The molecule has 6 heteroatoms. The van der Waals surface area contributed by atoms with E-state index in [1.807, 2.05) is 18.7 Å². The second-order valence-corrected chi connectivity index (χ2v) is 6.55. The third-order valence-corrected chi connectivity index (χ3v) is 4.95. The highest BCUT2D eigenvalue weighted by molar-refractivity contribution is 7.96. The molecule has 0 aliphatic rings. The molecule has 0 saturated carbocycles. The van der Waals surface area contributed by atoms with Crippen molar-refractivity contribution in [1.29, 1.82) is 0 Å². The van der Waals surface area contributed by atoms with Crippen LogP contribution in [0.25, 0.3) is 0 Å². The fraction of sp³-hybridized carbons (Fsp3) is 0.353. The Kier molecular flexibility index (Phi) is 7.54. The number of esters is 1. The molecule has 5 nitrogen and oxygen atoms in total. The summed E-state index contributed by atoms with van der Waals surface area (Å²) in [6, 6.07) is 7.85. The van der Waals surface area contributed by atoms with Gasteiger partial charge < -0.3 is 9.64 Å². The number of hydrogen-bond donors (Lipinski definition) is 0. The highest BCUT2D eigenvalue weighted by Gasteiger charge is 2.27. The first-order chi connectivity index (χ1) is 11.0. The van der Waals surface area contributed by atoms with Gasteiger partial charge in [0.05, 0.1) is 11.5 Å². The molecule has 0 radical (unpaired) electrons. The molecule has 0 unspecified atom stereocenters. The van der Waals surface area contributed by atoms with Crippen molar-refractivity contribution in [3.63, 3.8) is 0 Å². The minimum absolute atomic E-state index is 0.0653. The van der Waals surface area contributed by atoms with Crippen molar-refractivity contribution in [2.45, 2.75) is 25.7 Å². The summed E-state index contributed by atoms with van der Waals surface area (Å²) in [5.41, 5.74) is 0. The van der Waals surface area contributed by atoms with Crippen LogP contribution < -0.4 is 0 Å². The Morgan fingerprint density at radius 2 is 1.74 bits per heavy atom. The van der Waals surface area contributed by atoms with Crippen LogP contribution in [0.15, 0.2) is 58.5 Å². The van der Waals surface area contributed by atoms with Crippen LogP contribution >= 0.6 is 0 Å². The van der Waals surface area contributed by atoms with Gasteiger partial charge in [-0.3, -0.25) is 0 Å². The number of hydrogen-bond acceptors (Lipinski definition) is 5. The van der Waals surface area contributed by atoms with Crippen molar-refractivity contribution in [2.24, 2.45) is 0 Å². The molecule has 0 spiro atoms. The number of nitrogens with zero attached hydrogens (tertiary/aromatic N) is 1. The Morgan fingerprint density at radius 1 is 1.13 bits per heavy atom. The fourth-order valence-electron chi connectivity index (χ4n) is 1.88. The Morgan fingerprint density at radius 3 is 2.26 bits per heavy atom. The van der Waals surface area contributed by atoms with Gasteiger partial charge in [-0.05, 0) is 51.3 Å². The maximum Gasteiger partial charge on any atom is 0.350 e. The quantitative estimate of drug-likeness (QED) is 0.415. The maximum absolute atomic E-state index is 12.6. The SMILES string of the molecule is CCOC(=O)/C(=C/C=C/N(CC)CC)S(=O)(=O)c1ccccc1. The summed E-state index contributed by atoms with van der Waals surface area (Å²) >= 11 is 0. The van der Waals surface area contributed by atoms with E-state index in [0.29, 0.717) is 0 Å². The van der Waals surface area contributed by atoms with Gasteiger partial charge >= 0.3 is 5.97 Å². The Hall–Kier alpha value is -2.08. The summed E-state index contributed by atoms with van der Waals surface area (Å²) in [6.45, 7) is 7.31. The van der Waals surface area contributed by atoms with Crippen molar-refractivity contribution in [1.82, 2.24) is 4.90 Å². The first-order valence-corrected chi connectivity index (χ1v) is 9.05. The van der Waals surface area contributed by atoms with E-state index in [2.05, 4.69) is 0 Å². The van der Waals surface area contributed by atoms with E-state index in [-0.39, 0.29) is 16.4 Å². The summed E-state index contributed by atoms with van der Waals surface area (Å²) in [5.74, 6) is -0.847. The standard InChI is InChI=1S/C17H23NO4S/c1-4-18(5-2)14-10-13-16(17(19)22-6-3)23(20,21)15-11-8-7-9-12-15/h7-14H,4-6H2,1-3H3/b14-10+,16-13-. The molecule has 0 aromatic heterocycles. The van der Waals surface area contributed by atoms with E-state index in [0.717, 1.165) is 13.1 Å². The van der Waals surface area contributed by atoms with E-state index in [1.54, 1.807) is 37.4 Å². The molecule has 0 bridgehead atoms. The van der Waals surface area contributed by atoms with Gasteiger partial charge in [0.2, 0.25) is 9.84 Å². The average Bonchev–Trinajstić information content (AvgIpc) is 2.56. The van der Waals surface area contributed by atoms with Crippen LogP contribution in [-0.4, -0.2) is 39.0 Å². The molecule has 0 fully saturated rings. The van der Waals surface area contributed by atoms with E-state index in [4.69, 9.17) is 4.74 Å². The van der Waals surface area contributed by atoms with Gasteiger partial charge in [-0.15, -0.1) is 0 Å². The minimum Gasteiger partial charge on any atom is -0.462 e. The summed E-state index contributed by atoms with van der Waals surface area (Å²) in [4.78, 5) is 13.7. The lowest BCUT2D eigenvalue weighted by atomic mass is 10.4. The van der Waals surface area contributed by atoms with E-state index >= 15 is 0 Å². The zero-order valence-corrected chi connectivity index (χ0v) is 14.5. The molecule has 23 heavy (non-hydrogen) atoms. The lowest BCUT2D eigenvalue weighted by Crippen LogP contribution is -2.17. The van der Waals surface area contributed by atoms with Gasteiger partial charge in [0.15, 0.2) is 4.91 Å². The van der Waals surface area contributed by atoms with Gasteiger partial charge in [-0.25, -0.2) is 13.2 Å². The smallest absolute Gasteiger partial charge is 0.350 e. The van der Waals surface area contributed by atoms with Crippen molar-refractivity contribution in [3.8, 4) is 0 Å². The van der Waals surface area contributed by atoms with Crippen LogP contribution in [0.2, 0.25) is 0 Å². The van der Waals surface area contributed by atoms with Crippen molar-refractivity contribution in [2.75, 3.05) is 19.7 Å². The molecule has 0 N–H and O–H groups in total. The lowest BCUT2D eigenvalue weighted by molar-refractivity contribution is -0.137. The van der Waals surface area contributed by atoms with E-state index in [9.17, 15) is 13.2 Å². The number of ether oxygens (including phenoxy) is 1. The molecule has 0 aliphatic heterocycles. The van der Waals surface area contributed by atoms with Gasteiger partial charge in [0.1, 0.15) is 0 Å². The van der Waals surface area contributed by atoms with E-state index in [1.165, 1.54) is 18.2 Å². The Bertz CT molecular complexity index is 659. The predicted octanol–water partition coefficient (Wildman–Crippen LogP) is 2.76. The van der Waals surface area contributed by atoms with Crippen LogP contribution in [0.3, 0.4) is 0 Å². The Balaban J connectivity index is 3.23. The predicted molar refractivity (Wildman–Crippen MR) is 90.4 cm³/mol. The molecule has 0 heterocycles. The maximum atomic E-state index is 12.6. The molecule has 0 aliphatic carbocycles. The molecular formula is C17H23NO4S. The first-order valence-electron chi connectivity index (χ1n) is 7.57. The third kappa shape index (κ3) is 5.25. The number of carbonyl (C=O) groups excluding carboxylic acids is 1. The molecule has 126 valence electrons. The van der Waals surface area contributed by atoms with Crippen molar-refractivity contribution < 1.29 is 17.9 Å². The molecule has 0 atom stereocenters. The number of sulfone groups is 1. The second-order valence-electron chi connectivity index (χ2n) is 4.63. The molecule has 1 aromatic carbocycles. The van der Waals surface area contributed by atoms with Crippen LogP contribution in [0.5, 0.6) is 0 Å². The zero-order chi connectivity index (χ0) is 17.3. The van der Waals surface area contributed by atoms with Crippen molar-refractivity contribution in [3.05, 3.63) is 53.6 Å². The minimum atomic E-state index is -3.92. The lowest BCUT2D eigenvalue weighted by Gasteiger charge is -2.14. The number of benzene rings is 1. The normalized spacial score (nSPS) is 12.4. The summed E-state index contributed by atoms with van der Waals surface area (Å²) in [7, 11) is -3.92. The topological polar surface area (TPSA) is 63.7 Å². The average molecular weight is 337 g/mol. The summed E-state index contributed by atoms with van der Waals surface area (Å²) in [6.07, 6.45) is 4.60. The first kappa shape index (κ1) is 19.0. The second kappa shape index (κ2) is 9.15. The highest BCUT2D eigenvalue weighted by atomic mass is 32.2. The largest absolute Gasteiger partial charge is 0.462 e. The monoisotopic (exact) mass is 337 g/mol. The molecular weight excluding hydrogens is 314 g/mol. The van der Waals surface area contributed by atoms with Gasteiger partial charge in [-0.2, -0.15) is 0 Å². The molecule has 0 amide bonds. The Labute approximate surface area is 138 Å². The van der Waals surface area contributed by atoms with Crippen LogP contribution in [-0.2, 0) is 19.4 Å². The van der Waals surface area contributed by atoms with Crippen LogP contribution in [0.1, 0.15) is 20.8 Å². The molecule has 1 rings (SSSR count). The summed E-state index contributed by atoms with van der Waals surface area (Å²) < 4.78 is 30.2. The summed E-state index contributed by atoms with van der Waals surface area (Å²) in [5, 5.41) is 0. The van der Waals surface area contributed by atoms with E-state index < -0.39 is 15.8 Å². The van der Waals surface area contributed by atoms with Gasteiger partial charge in [-0.1, -0.05) is 18.2 Å². The molecule has 0 saturated heterocycles. The number of rotatable bonds is 8. The number of carbonyl (C=O) groups is 1. The third-order valence-electron chi connectivity index (χ3n) is 3.18. The number of allylic oxidation sites excluding steroid dienone is 2. The van der Waals surface area contributed by atoms with Gasteiger partial charge in [0, 0.05) is 13.1 Å². The van der Waals surface area contributed by atoms with Gasteiger partial charge in [0.25, 0.3) is 0 Å². The molecule has 1 aromatic rings. The van der Waals surface area contributed by atoms with Crippen LogP contribution in [0.4, 0.5) is 0 Å². The fourth-order valence-corrected chi connectivity index (χ4v) is 3.19. The zero-order valence-electron chi connectivity index (χ0n) is 13.7. The van der Waals surface area contributed by atoms with Crippen LogP contribution in [0, 0.1) is 0 Å². The highest BCUT2D eigenvalue weighted by Crippen LogP contribution is 2.20. The van der Waals surface area contributed by atoms with Crippen molar-refractivity contribution >= 4 is 15.8 Å².